The standard InChI is InChI=1S/C13H25N3O2.2ClH/c1-16(2)11(9-3-4-9)8-15-13(17)12-6-5-10(7-14)18-12;;/h9-12H,3-8,14H2,1-2H3,(H,15,17);2*1H/t10-,11?,12+;;/m1../s1. The van der Waals surface area contributed by atoms with Crippen molar-refractivity contribution in [1.82, 2.24) is 10.2 Å². The molecule has 0 aromatic carbocycles. The fourth-order valence-corrected chi connectivity index (χ4v) is 2.64. The topological polar surface area (TPSA) is 67.6 Å². The van der Waals surface area contributed by atoms with E-state index in [1.807, 2.05) is 0 Å². The van der Waals surface area contributed by atoms with Crippen LogP contribution in [0.15, 0.2) is 0 Å². The van der Waals surface area contributed by atoms with E-state index in [2.05, 4.69) is 24.3 Å². The Bertz CT molecular complexity index is 299. The van der Waals surface area contributed by atoms with Crippen LogP contribution in [0.25, 0.3) is 0 Å². The number of carbonyl (C=O) groups is 1. The minimum Gasteiger partial charge on any atom is -0.364 e. The van der Waals surface area contributed by atoms with Gasteiger partial charge in [0.15, 0.2) is 0 Å². The van der Waals surface area contributed by atoms with Crippen molar-refractivity contribution in [3.63, 3.8) is 0 Å². The van der Waals surface area contributed by atoms with E-state index in [1.54, 1.807) is 0 Å². The third-order valence-electron chi connectivity index (χ3n) is 3.98. The first kappa shape index (κ1) is 19.9. The first-order chi connectivity index (χ1) is 8.61. The molecule has 0 spiro atoms. The first-order valence-electron chi connectivity index (χ1n) is 6.91. The predicted octanol–water partition coefficient (Wildman–Crippen LogP) is 0.793. The predicted molar refractivity (Wildman–Crippen MR) is 84.7 cm³/mol. The number of rotatable bonds is 6. The lowest BCUT2D eigenvalue weighted by Gasteiger charge is -2.25. The molecule has 20 heavy (non-hydrogen) atoms. The highest BCUT2D eigenvalue weighted by Crippen LogP contribution is 2.34. The average Bonchev–Trinajstić information content (AvgIpc) is 3.05. The summed E-state index contributed by atoms with van der Waals surface area (Å²) in [4.78, 5) is 14.2. The van der Waals surface area contributed by atoms with Gasteiger partial charge in [0.25, 0.3) is 0 Å². The molecular weight excluding hydrogens is 301 g/mol. The highest BCUT2D eigenvalue weighted by atomic mass is 35.5. The molecule has 1 aliphatic carbocycles. The van der Waals surface area contributed by atoms with Crippen molar-refractivity contribution in [3.05, 3.63) is 0 Å². The number of nitrogens with two attached hydrogens (primary N) is 1. The summed E-state index contributed by atoms with van der Waals surface area (Å²) in [7, 11) is 4.15. The van der Waals surface area contributed by atoms with Crippen LogP contribution in [-0.2, 0) is 9.53 Å². The van der Waals surface area contributed by atoms with Crippen molar-refractivity contribution in [2.24, 2.45) is 11.7 Å². The zero-order chi connectivity index (χ0) is 13.1. The normalized spacial score (nSPS) is 26.6. The second-order valence-electron chi connectivity index (χ2n) is 5.67. The summed E-state index contributed by atoms with van der Waals surface area (Å²) in [6.07, 6.45) is 4.04. The van der Waals surface area contributed by atoms with E-state index < -0.39 is 0 Å². The molecule has 1 unspecified atom stereocenters. The fourth-order valence-electron chi connectivity index (χ4n) is 2.64. The summed E-state index contributed by atoms with van der Waals surface area (Å²) in [6, 6.07) is 0.459. The molecule has 0 aromatic heterocycles. The number of hydrogen-bond acceptors (Lipinski definition) is 4. The van der Waals surface area contributed by atoms with Gasteiger partial charge in [0.1, 0.15) is 6.10 Å². The average molecular weight is 328 g/mol. The van der Waals surface area contributed by atoms with Gasteiger partial charge in [-0.15, -0.1) is 24.8 Å². The maximum absolute atomic E-state index is 12.0. The lowest BCUT2D eigenvalue weighted by Crippen LogP contribution is -2.44. The van der Waals surface area contributed by atoms with Crippen molar-refractivity contribution in [2.45, 2.75) is 43.9 Å². The largest absolute Gasteiger partial charge is 0.364 e. The highest BCUT2D eigenvalue weighted by Gasteiger charge is 2.34. The van der Waals surface area contributed by atoms with Crippen LogP contribution in [0.5, 0.6) is 0 Å². The lowest BCUT2D eigenvalue weighted by molar-refractivity contribution is -0.132. The molecule has 5 nitrogen and oxygen atoms in total. The van der Waals surface area contributed by atoms with Crippen molar-refractivity contribution in [2.75, 3.05) is 27.2 Å². The molecule has 1 amide bonds. The van der Waals surface area contributed by atoms with E-state index in [0.29, 0.717) is 12.6 Å². The van der Waals surface area contributed by atoms with E-state index in [1.165, 1.54) is 12.8 Å². The Morgan fingerprint density at radius 1 is 1.30 bits per heavy atom. The smallest absolute Gasteiger partial charge is 0.249 e. The minimum absolute atomic E-state index is 0. The quantitative estimate of drug-likeness (QED) is 0.757. The van der Waals surface area contributed by atoms with Crippen molar-refractivity contribution in [3.8, 4) is 0 Å². The summed E-state index contributed by atoms with van der Waals surface area (Å²) in [5.74, 6) is 0.778. The molecule has 0 bridgehead atoms. The number of halogens is 2. The van der Waals surface area contributed by atoms with Gasteiger partial charge < -0.3 is 20.7 Å². The van der Waals surface area contributed by atoms with Crippen LogP contribution >= 0.6 is 24.8 Å². The summed E-state index contributed by atoms with van der Waals surface area (Å²) < 4.78 is 5.59. The molecule has 2 rings (SSSR count). The van der Waals surface area contributed by atoms with E-state index in [0.717, 1.165) is 25.3 Å². The Balaban J connectivity index is 0.00000180. The number of ether oxygens (including phenoxy) is 1. The number of nitrogens with one attached hydrogen (secondary N) is 1. The molecule has 120 valence electrons. The second-order valence-corrected chi connectivity index (χ2v) is 5.67. The fraction of sp³-hybridized carbons (Fsp3) is 0.923. The Labute approximate surface area is 133 Å². The summed E-state index contributed by atoms with van der Waals surface area (Å²) >= 11 is 0. The first-order valence-corrected chi connectivity index (χ1v) is 6.91. The molecule has 1 aliphatic heterocycles. The van der Waals surface area contributed by atoms with Gasteiger partial charge in [-0.2, -0.15) is 0 Å². The summed E-state index contributed by atoms with van der Waals surface area (Å²) in [6.45, 7) is 1.23. The molecule has 2 aliphatic rings. The number of amides is 1. The minimum atomic E-state index is -0.291. The molecular formula is C13H27Cl2N3O2. The van der Waals surface area contributed by atoms with Crippen LogP contribution in [0.2, 0.25) is 0 Å². The van der Waals surface area contributed by atoms with Gasteiger partial charge in [-0.3, -0.25) is 4.79 Å². The molecule has 2 fully saturated rings. The number of hydrogen-bond donors (Lipinski definition) is 2. The van der Waals surface area contributed by atoms with Crippen molar-refractivity contribution >= 4 is 30.7 Å². The van der Waals surface area contributed by atoms with Crippen molar-refractivity contribution in [1.29, 1.82) is 0 Å². The van der Waals surface area contributed by atoms with Crippen LogP contribution in [0.4, 0.5) is 0 Å². The molecule has 1 saturated heterocycles. The summed E-state index contributed by atoms with van der Waals surface area (Å²) in [5, 5.41) is 3.03. The molecule has 1 saturated carbocycles. The Morgan fingerprint density at radius 3 is 2.40 bits per heavy atom. The van der Waals surface area contributed by atoms with Gasteiger partial charge in [0.2, 0.25) is 5.91 Å². The third kappa shape index (κ3) is 5.37. The van der Waals surface area contributed by atoms with Crippen LogP contribution < -0.4 is 11.1 Å². The number of carbonyl (C=O) groups excluding carboxylic acids is 1. The van der Waals surface area contributed by atoms with Crippen LogP contribution in [0, 0.1) is 5.92 Å². The third-order valence-corrected chi connectivity index (χ3v) is 3.98. The van der Waals surface area contributed by atoms with E-state index in [-0.39, 0.29) is 42.9 Å². The maximum atomic E-state index is 12.0. The zero-order valence-electron chi connectivity index (χ0n) is 12.2. The van der Waals surface area contributed by atoms with Crippen LogP contribution in [0.1, 0.15) is 25.7 Å². The van der Waals surface area contributed by atoms with Crippen molar-refractivity contribution < 1.29 is 9.53 Å². The van der Waals surface area contributed by atoms with Gasteiger partial charge >= 0.3 is 0 Å². The van der Waals surface area contributed by atoms with Crippen LogP contribution in [-0.4, -0.2) is 56.2 Å². The Kier molecular flexibility index (Phi) is 9.02. The highest BCUT2D eigenvalue weighted by molar-refractivity contribution is 5.85. The molecule has 1 heterocycles. The van der Waals surface area contributed by atoms with Gasteiger partial charge in [0, 0.05) is 19.1 Å². The van der Waals surface area contributed by atoms with Gasteiger partial charge in [0.05, 0.1) is 6.10 Å². The molecule has 0 radical (unpaired) electrons. The SMILES string of the molecule is CN(C)C(CNC(=O)[C@@H]1CC[C@H](CN)O1)C1CC1.Cl.Cl. The molecule has 3 atom stereocenters. The Hall–Kier alpha value is -0.0700. The van der Waals surface area contributed by atoms with Crippen LogP contribution in [0.3, 0.4) is 0 Å². The van der Waals surface area contributed by atoms with E-state index >= 15 is 0 Å². The lowest BCUT2D eigenvalue weighted by atomic mass is 10.1. The second kappa shape index (κ2) is 9.05. The molecule has 7 heteroatoms. The number of nitrogens with zero attached hydrogens (tertiary/aromatic N) is 1. The maximum Gasteiger partial charge on any atom is 0.249 e. The monoisotopic (exact) mass is 327 g/mol. The zero-order valence-corrected chi connectivity index (χ0v) is 13.8. The Morgan fingerprint density at radius 2 is 1.95 bits per heavy atom. The summed E-state index contributed by atoms with van der Waals surface area (Å²) in [5.41, 5.74) is 5.54. The van der Waals surface area contributed by atoms with Gasteiger partial charge in [-0.05, 0) is 45.7 Å². The van der Waals surface area contributed by atoms with Gasteiger partial charge in [-0.25, -0.2) is 0 Å². The molecule has 0 aromatic rings. The molecule has 3 N–H and O–H groups in total. The number of likely N-dealkylation sites (N-methyl/N-ethyl adjacent to an activating group) is 1. The van der Waals surface area contributed by atoms with E-state index in [9.17, 15) is 4.79 Å². The van der Waals surface area contributed by atoms with E-state index in [4.69, 9.17) is 10.5 Å². The van der Waals surface area contributed by atoms with Gasteiger partial charge in [-0.1, -0.05) is 0 Å².